The second-order valence-corrected chi connectivity index (χ2v) is 7.98. The fourth-order valence-electron chi connectivity index (χ4n) is 4.28. The third-order valence-electron chi connectivity index (χ3n) is 5.75. The van der Waals surface area contributed by atoms with E-state index in [1.807, 2.05) is 12.1 Å². The first-order valence-electron chi connectivity index (χ1n) is 10.6. The third kappa shape index (κ3) is 4.90. The van der Waals surface area contributed by atoms with Gasteiger partial charge in [0.25, 0.3) is 0 Å². The van der Waals surface area contributed by atoms with Gasteiger partial charge >= 0.3 is 0 Å². The Labute approximate surface area is 177 Å². The molecule has 1 aromatic carbocycles. The number of fused-ring (bicyclic) bond motifs is 1. The van der Waals surface area contributed by atoms with Crippen molar-refractivity contribution in [2.24, 2.45) is 4.99 Å². The van der Waals surface area contributed by atoms with Crippen molar-refractivity contribution in [2.75, 3.05) is 18.9 Å². The topological polar surface area (TPSA) is 78.8 Å². The number of nitrogens with zero attached hydrogens (tertiary/aromatic N) is 3. The Hall–Kier alpha value is -3.09. The molecule has 1 saturated carbocycles. The molecule has 3 atom stereocenters. The van der Waals surface area contributed by atoms with Crippen molar-refractivity contribution < 1.29 is 9.53 Å². The zero-order valence-electron chi connectivity index (χ0n) is 17.5. The lowest BCUT2D eigenvalue weighted by Gasteiger charge is -2.33. The number of hydrogen-bond acceptors (Lipinski definition) is 4. The Morgan fingerprint density at radius 3 is 2.93 bits per heavy atom. The van der Waals surface area contributed by atoms with E-state index in [1.165, 1.54) is 12.5 Å². The number of amides is 1. The summed E-state index contributed by atoms with van der Waals surface area (Å²) in [5, 5.41) is 6.31. The number of aliphatic imine (C=N–C) groups is 1. The molecule has 1 aliphatic heterocycles. The lowest BCUT2D eigenvalue weighted by atomic mass is 9.89. The molecule has 2 N–H and O–H groups in total. The van der Waals surface area contributed by atoms with E-state index >= 15 is 0 Å². The predicted octanol–water partition coefficient (Wildman–Crippen LogP) is 2.84. The maximum Gasteiger partial charge on any atom is 0.222 e. The van der Waals surface area contributed by atoms with Gasteiger partial charge in [-0.1, -0.05) is 30.3 Å². The zero-order valence-corrected chi connectivity index (χ0v) is 17.5. The molecule has 2 heterocycles. The van der Waals surface area contributed by atoms with E-state index in [4.69, 9.17) is 9.73 Å². The SMILES string of the molecule is CC(=O)Nc1cc(OC2CCC3C(C2)NC(=NCCc2ccccc2)N3C)ccn1. The summed E-state index contributed by atoms with van der Waals surface area (Å²) in [5.41, 5.74) is 1.31. The molecular formula is C23H29N5O2. The molecule has 0 radical (unpaired) electrons. The van der Waals surface area contributed by atoms with Crippen LogP contribution < -0.4 is 15.4 Å². The minimum atomic E-state index is -0.141. The Morgan fingerprint density at radius 1 is 1.30 bits per heavy atom. The number of ether oxygens (including phenoxy) is 1. The Kier molecular flexibility index (Phi) is 6.16. The summed E-state index contributed by atoms with van der Waals surface area (Å²) in [7, 11) is 2.13. The molecule has 0 spiro atoms. The van der Waals surface area contributed by atoms with Crippen molar-refractivity contribution in [1.82, 2.24) is 15.2 Å². The molecule has 1 amide bonds. The molecule has 1 aromatic heterocycles. The van der Waals surface area contributed by atoms with Gasteiger partial charge in [0.2, 0.25) is 5.91 Å². The van der Waals surface area contributed by atoms with Crippen molar-refractivity contribution in [3.8, 4) is 5.75 Å². The van der Waals surface area contributed by atoms with Crippen LogP contribution in [-0.2, 0) is 11.2 Å². The van der Waals surface area contributed by atoms with Crippen LogP contribution in [0.5, 0.6) is 5.75 Å². The number of guanidine groups is 1. The van der Waals surface area contributed by atoms with Crippen LogP contribution in [0.1, 0.15) is 31.7 Å². The Bertz CT molecular complexity index is 901. The fourth-order valence-corrected chi connectivity index (χ4v) is 4.28. The largest absolute Gasteiger partial charge is 0.490 e. The quantitative estimate of drug-likeness (QED) is 0.770. The molecule has 7 heteroatoms. The van der Waals surface area contributed by atoms with E-state index in [-0.39, 0.29) is 12.0 Å². The molecule has 158 valence electrons. The smallest absolute Gasteiger partial charge is 0.222 e. The van der Waals surface area contributed by atoms with Crippen LogP contribution in [0.3, 0.4) is 0 Å². The monoisotopic (exact) mass is 407 g/mol. The molecule has 4 rings (SSSR count). The summed E-state index contributed by atoms with van der Waals surface area (Å²) in [5.74, 6) is 2.09. The van der Waals surface area contributed by atoms with E-state index in [1.54, 1.807) is 12.3 Å². The minimum Gasteiger partial charge on any atom is -0.490 e. The van der Waals surface area contributed by atoms with Crippen molar-refractivity contribution >= 4 is 17.7 Å². The number of anilines is 1. The summed E-state index contributed by atoms with van der Waals surface area (Å²) < 4.78 is 6.21. The standard InChI is InChI=1S/C23H29N5O2/c1-16(29)26-22-15-19(11-13-24-22)30-18-8-9-21-20(14-18)27-23(28(21)2)25-12-10-17-6-4-3-5-7-17/h3-7,11,13,15,18,20-21H,8-10,12,14H2,1-2H3,(H,25,27)(H,24,26,29). The average Bonchev–Trinajstić information content (AvgIpc) is 3.04. The van der Waals surface area contributed by atoms with Crippen molar-refractivity contribution in [3.63, 3.8) is 0 Å². The number of aromatic nitrogens is 1. The molecule has 30 heavy (non-hydrogen) atoms. The maximum atomic E-state index is 11.2. The summed E-state index contributed by atoms with van der Waals surface area (Å²) in [6.07, 6.45) is 5.70. The molecule has 2 fully saturated rings. The second-order valence-electron chi connectivity index (χ2n) is 7.98. The highest BCUT2D eigenvalue weighted by molar-refractivity contribution is 5.87. The number of pyridine rings is 1. The normalized spacial score (nSPS) is 24.3. The zero-order chi connectivity index (χ0) is 20.9. The van der Waals surface area contributed by atoms with Gasteiger partial charge in [-0.15, -0.1) is 0 Å². The number of hydrogen-bond donors (Lipinski definition) is 2. The fraction of sp³-hybridized carbons (Fsp3) is 0.435. The van der Waals surface area contributed by atoms with Gasteiger partial charge in [0.1, 0.15) is 17.7 Å². The summed E-state index contributed by atoms with van der Waals surface area (Å²) in [4.78, 5) is 22.5. The lowest BCUT2D eigenvalue weighted by Crippen LogP contribution is -2.43. The van der Waals surface area contributed by atoms with Crippen LogP contribution in [-0.4, -0.2) is 53.5 Å². The number of rotatable bonds is 6. The second kappa shape index (κ2) is 9.15. The van der Waals surface area contributed by atoms with Gasteiger partial charge in [0.15, 0.2) is 5.96 Å². The first-order valence-corrected chi connectivity index (χ1v) is 10.6. The number of carbonyl (C=O) groups is 1. The molecule has 0 bridgehead atoms. The highest BCUT2D eigenvalue weighted by Gasteiger charge is 2.40. The molecular weight excluding hydrogens is 378 g/mol. The van der Waals surface area contributed by atoms with Crippen molar-refractivity contribution in [2.45, 2.75) is 50.8 Å². The molecule has 2 aliphatic rings. The first kappa shape index (κ1) is 20.2. The van der Waals surface area contributed by atoms with Crippen LogP contribution in [0.2, 0.25) is 0 Å². The molecule has 7 nitrogen and oxygen atoms in total. The lowest BCUT2D eigenvalue weighted by molar-refractivity contribution is -0.114. The van der Waals surface area contributed by atoms with Gasteiger partial charge in [-0.25, -0.2) is 4.98 Å². The minimum absolute atomic E-state index is 0.128. The summed E-state index contributed by atoms with van der Waals surface area (Å²) >= 11 is 0. The van der Waals surface area contributed by atoms with Crippen LogP contribution in [0, 0.1) is 0 Å². The first-order chi connectivity index (χ1) is 14.6. The third-order valence-corrected chi connectivity index (χ3v) is 5.75. The van der Waals surface area contributed by atoms with E-state index in [9.17, 15) is 4.79 Å². The number of nitrogens with one attached hydrogen (secondary N) is 2. The average molecular weight is 408 g/mol. The summed E-state index contributed by atoms with van der Waals surface area (Å²) in [6, 6.07) is 14.9. The van der Waals surface area contributed by atoms with Gasteiger partial charge in [-0.2, -0.15) is 0 Å². The van der Waals surface area contributed by atoms with Gasteiger partial charge in [0, 0.05) is 39.2 Å². The van der Waals surface area contributed by atoms with E-state index in [0.717, 1.165) is 43.9 Å². The van der Waals surface area contributed by atoms with Crippen LogP contribution in [0.4, 0.5) is 5.82 Å². The van der Waals surface area contributed by atoms with E-state index < -0.39 is 0 Å². The molecule has 2 aromatic rings. The maximum absolute atomic E-state index is 11.2. The van der Waals surface area contributed by atoms with Gasteiger partial charge in [-0.3, -0.25) is 9.79 Å². The van der Waals surface area contributed by atoms with Crippen LogP contribution in [0.25, 0.3) is 0 Å². The Morgan fingerprint density at radius 2 is 2.13 bits per heavy atom. The predicted molar refractivity (Wildman–Crippen MR) is 118 cm³/mol. The van der Waals surface area contributed by atoms with Gasteiger partial charge < -0.3 is 20.3 Å². The number of benzene rings is 1. The van der Waals surface area contributed by atoms with E-state index in [0.29, 0.717) is 17.9 Å². The Balaban J connectivity index is 1.33. The highest BCUT2D eigenvalue weighted by atomic mass is 16.5. The molecule has 1 saturated heterocycles. The number of carbonyl (C=O) groups excluding carboxylic acids is 1. The van der Waals surface area contributed by atoms with Crippen LogP contribution >= 0.6 is 0 Å². The highest BCUT2D eigenvalue weighted by Crippen LogP contribution is 2.30. The van der Waals surface area contributed by atoms with E-state index in [2.05, 4.69) is 51.8 Å². The van der Waals surface area contributed by atoms with Crippen LogP contribution in [0.15, 0.2) is 53.7 Å². The number of likely N-dealkylation sites (N-methyl/N-ethyl adjacent to an activating group) is 1. The summed E-state index contributed by atoms with van der Waals surface area (Å²) in [6.45, 7) is 2.25. The van der Waals surface area contributed by atoms with Crippen molar-refractivity contribution in [3.05, 3.63) is 54.2 Å². The van der Waals surface area contributed by atoms with Gasteiger partial charge in [-0.05, 0) is 30.9 Å². The van der Waals surface area contributed by atoms with Gasteiger partial charge in [0.05, 0.1) is 12.1 Å². The van der Waals surface area contributed by atoms with Crippen molar-refractivity contribution in [1.29, 1.82) is 0 Å². The molecule has 1 aliphatic carbocycles. The molecule has 3 unspecified atom stereocenters.